The Hall–Kier alpha value is -2.35. The van der Waals surface area contributed by atoms with Crippen LogP contribution in [0.25, 0.3) is 5.69 Å². The van der Waals surface area contributed by atoms with E-state index in [1.165, 1.54) is 11.8 Å². The van der Waals surface area contributed by atoms with E-state index in [-0.39, 0.29) is 5.91 Å². The van der Waals surface area contributed by atoms with E-state index in [4.69, 9.17) is 11.6 Å². The smallest absolute Gasteiger partial charge is 0.233 e. The minimum atomic E-state index is 0.142. The molecule has 1 fully saturated rings. The predicted molar refractivity (Wildman–Crippen MR) is 120 cm³/mol. The van der Waals surface area contributed by atoms with Gasteiger partial charge >= 0.3 is 0 Å². The molecule has 0 N–H and O–H groups in total. The summed E-state index contributed by atoms with van der Waals surface area (Å²) in [6.07, 6.45) is 0.656. The molecule has 0 atom stereocenters. The molecule has 1 aliphatic rings. The summed E-state index contributed by atoms with van der Waals surface area (Å²) >= 11 is 7.51. The molecular formula is C22H24ClN5OS. The second-order valence-corrected chi connectivity index (χ2v) is 8.72. The lowest BCUT2D eigenvalue weighted by Crippen LogP contribution is -2.47. The quantitative estimate of drug-likeness (QED) is 0.549. The Labute approximate surface area is 185 Å². The van der Waals surface area contributed by atoms with Crippen molar-refractivity contribution < 1.29 is 4.79 Å². The zero-order valence-corrected chi connectivity index (χ0v) is 18.4. The fourth-order valence-electron chi connectivity index (χ4n) is 3.41. The highest BCUT2D eigenvalue weighted by atomic mass is 35.5. The summed E-state index contributed by atoms with van der Waals surface area (Å²) in [5.41, 5.74) is 2.09. The molecule has 3 aromatic rings. The van der Waals surface area contributed by atoms with E-state index in [2.05, 4.69) is 34.3 Å². The Morgan fingerprint density at radius 2 is 1.70 bits per heavy atom. The van der Waals surface area contributed by atoms with Gasteiger partial charge in [0.25, 0.3) is 0 Å². The number of rotatable bonds is 6. The Balaban J connectivity index is 1.54. The summed E-state index contributed by atoms with van der Waals surface area (Å²) in [6.45, 7) is 3.38. The van der Waals surface area contributed by atoms with E-state index in [1.54, 1.807) is 0 Å². The number of halogens is 1. The SMILES string of the molecule is CN1CCN(C(=O)CSc2nnc(Cc3ccccc3)n2-c2ccc(Cl)cc2)CC1. The van der Waals surface area contributed by atoms with Crippen LogP contribution >= 0.6 is 23.4 Å². The van der Waals surface area contributed by atoms with Gasteiger partial charge in [0.1, 0.15) is 5.82 Å². The van der Waals surface area contributed by atoms with E-state index < -0.39 is 0 Å². The van der Waals surface area contributed by atoms with Crippen LogP contribution in [0.15, 0.2) is 59.8 Å². The molecule has 6 nitrogen and oxygen atoms in total. The van der Waals surface area contributed by atoms with Crippen molar-refractivity contribution in [1.82, 2.24) is 24.6 Å². The van der Waals surface area contributed by atoms with Gasteiger partial charge in [-0.05, 0) is 36.9 Å². The Morgan fingerprint density at radius 1 is 1.00 bits per heavy atom. The van der Waals surface area contributed by atoms with Crippen molar-refractivity contribution in [2.24, 2.45) is 0 Å². The summed E-state index contributed by atoms with van der Waals surface area (Å²) in [5.74, 6) is 1.32. The van der Waals surface area contributed by atoms with Crippen molar-refractivity contribution in [2.75, 3.05) is 39.0 Å². The molecule has 0 radical (unpaired) electrons. The lowest BCUT2D eigenvalue weighted by Gasteiger charge is -2.32. The Bertz CT molecular complexity index is 985. The highest BCUT2D eigenvalue weighted by molar-refractivity contribution is 7.99. The molecule has 0 aliphatic carbocycles. The normalized spacial score (nSPS) is 14.8. The molecule has 0 saturated carbocycles. The van der Waals surface area contributed by atoms with Crippen LogP contribution in [0.5, 0.6) is 0 Å². The van der Waals surface area contributed by atoms with Crippen LogP contribution in [0.3, 0.4) is 0 Å². The lowest BCUT2D eigenvalue weighted by molar-refractivity contribution is -0.129. The van der Waals surface area contributed by atoms with Crippen LogP contribution in [0.1, 0.15) is 11.4 Å². The number of carbonyl (C=O) groups is 1. The first-order valence-electron chi connectivity index (χ1n) is 9.93. The van der Waals surface area contributed by atoms with E-state index in [0.29, 0.717) is 22.4 Å². The summed E-state index contributed by atoms with van der Waals surface area (Å²) in [6, 6.07) is 17.8. The number of piperazine rings is 1. The maximum absolute atomic E-state index is 12.7. The Morgan fingerprint density at radius 3 is 2.40 bits per heavy atom. The van der Waals surface area contributed by atoms with Crippen molar-refractivity contribution >= 4 is 29.3 Å². The van der Waals surface area contributed by atoms with Gasteiger partial charge in [0.15, 0.2) is 5.16 Å². The third-order valence-corrected chi connectivity index (χ3v) is 6.34. The van der Waals surface area contributed by atoms with Crippen molar-refractivity contribution in [3.63, 3.8) is 0 Å². The van der Waals surface area contributed by atoms with Gasteiger partial charge in [-0.1, -0.05) is 53.7 Å². The summed E-state index contributed by atoms with van der Waals surface area (Å²) < 4.78 is 2.02. The molecule has 30 heavy (non-hydrogen) atoms. The van der Waals surface area contributed by atoms with Gasteiger partial charge in [-0.15, -0.1) is 10.2 Å². The third-order valence-electron chi connectivity index (χ3n) is 5.17. The number of hydrogen-bond acceptors (Lipinski definition) is 5. The minimum Gasteiger partial charge on any atom is -0.339 e. The van der Waals surface area contributed by atoms with E-state index in [0.717, 1.165) is 43.3 Å². The van der Waals surface area contributed by atoms with Gasteiger partial charge < -0.3 is 9.80 Å². The standard InChI is InChI=1S/C22H24ClN5OS/c1-26-11-13-27(14-12-26)21(29)16-30-22-25-24-20(15-17-5-3-2-4-6-17)28(22)19-9-7-18(23)8-10-19/h2-10H,11-16H2,1H3. The fourth-order valence-corrected chi connectivity index (χ4v) is 4.41. The molecular weight excluding hydrogens is 418 g/mol. The van der Waals surface area contributed by atoms with Crippen LogP contribution in [0, 0.1) is 0 Å². The zero-order chi connectivity index (χ0) is 20.9. The number of amides is 1. The molecule has 0 unspecified atom stereocenters. The van der Waals surface area contributed by atoms with E-state index in [1.807, 2.05) is 51.9 Å². The molecule has 0 spiro atoms. The number of carbonyl (C=O) groups excluding carboxylic acids is 1. The van der Waals surface area contributed by atoms with Crippen LogP contribution < -0.4 is 0 Å². The topological polar surface area (TPSA) is 54.3 Å². The maximum atomic E-state index is 12.7. The number of benzene rings is 2. The second-order valence-electron chi connectivity index (χ2n) is 7.35. The average Bonchev–Trinajstić information content (AvgIpc) is 3.16. The lowest BCUT2D eigenvalue weighted by atomic mass is 10.1. The summed E-state index contributed by atoms with van der Waals surface area (Å²) in [7, 11) is 2.08. The van der Waals surface area contributed by atoms with Crippen LogP contribution in [-0.2, 0) is 11.2 Å². The van der Waals surface area contributed by atoms with E-state index >= 15 is 0 Å². The third kappa shape index (κ3) is 5.03. The number of likely N-dealkylation sites (N-methyl/N-ethyl adjacent to an activating group) is 1. The van der Waals surface area contributed by atoms with Gasteiger partial charge in [-0.2, -0.15) is 0 Å². The summed E-state index contributed by atoms with van der Waals surface area (Å²) in [4.78, 5) is 16.9. The molecule has 4 rings (SSSR count). The van der Waals surface area contributed by atoms with Crippen LogP contribution in [0.4, 0.5) is 0 Å². The monoisotopic (exact) mass is 441 g/mol. The van der Waals surface area contributed by atoms with Gasteiger partial charge in [-0.25, -0.2) is 0 Å². The largest absolute Gasteiger partial charge is 0.339 e. The molecule has 1 aromatic heterocycles. The maximum Gasteiger partial charge on any atom is 0.233 e. The molecule has 0 bridgehead atoms. The van der Waals surface area contributed by atoms with Crippen LogP contribution in [0.2, 0.25) is 5.02 Å². The molecule has 1 saturated heterocycles. The van der Waals surface area contributed by atoms with Crippen molar-refractivity contribution in [3.8, 4) is 5.69 Å². The minimum absolute atomic E-state index is 0.142. The van der Waals surface area contributed by atoms with Gasteiger partial charge in [-0.3, -0.25) is 9.36 Å². The second kappa shape index (κ2) is 9.64. The molecule has 2 aromatic carbocycles. The molecule has 156 valence electrons. The van der Waals surface area contributed by atoms with Crippen LogP contribution in [-0.4, -0.2) is 69.5 Å². The van der Waals surface area contributed by atoms with Gasteiger partial charge in [0.05, 0.1) is 5.75 Å². The zero-order valence-electron chi connectivity index (χ0n) is 16.9. The molecule has 8 heteroatoms. The first kappa shape index (κ1) is 20.9. The first-order valence-corrected chi connectivity index (χ1v) is 11.3. The average molecular weight is 442 g/mol. The van der Waals surface area contributed by atoms with Crippen molar-refractivity contribution in [3.05, 3.63) is 71.0 Å². The number of hydrogen-bond donors (Lipinski definition) is 0. The first-order chi connectivity index (χ1) is 14.6. The highest BCUT2D eigenvalue weighted by Crippen LogP contribution is 2.25. The molecule has 2 heterocycles. The predicted octanol–water partition coefficient (Wildman–Crippen LogP) is 3.38. The summed E-state index contributed by atoms with van der Waals surface area (Å²) in [5, 5.41) is 10.2. The Kier molecular flexibility index (Phi) is 6.72. The van der Waals surface area contributed by atoms with Gasteiger partial charge in [0.2, 0.25) is 5.91 Å². The molecule has 1 amide bonds. The van der Waals surface area contributed by atoms with E-state index in [9.17, 15) is 4.79 Å². The number of thioether (sulfide) groups is 1. The fraction of sp³-hybridized carbons (Fsp3) is 0.318. The number of aromatic nitrogens is 3. The van der Waals surface area contributed by atoms with Gasteiger partial charge in [0, 0.05) is 43.3 Å². The molecule has 1 aliphatic heterocycles. The number of nitrogens with zero attached hydrogens (tertiary/aromatic N) is 5. The van der Waals surface area contributed by atoms with Crippen molar-refractivity contribution in [1.29, 1.82) is 0 Å². The van der Waals surface area contributed by atoms with Crippen molar-refractivity contribution in [2.45, 2.75) is 11.6 Å². The highest BCUT2D eigenvalue weighted by Gasteiger charge is 2.21.